The average molecular weight is 644 g/mol. The highest BCUT2D eigenvalue weighted by molar-refractivity contribution is 7.98. The zero-order valence-electron chi connectivity index (χ0n) is 27.4. The van der Waals surface area contributed by atoms with E-state index in [1.165, 1.54) is 23.1 Å². The van der Waals surface area contributed by atoms with Crippen molar-refractivity contribution in [2.45, 2.75) is 106 Å². The molecule has 0 aliphatic rings. The maximum atomic E-state index is 13.3. The van der Waals surface area contributed by atoms with Crippen LogP contribution in [0.5, 0.6) is 0 Å². The highest BCUT2D eigenvalue weighted by Crippen LogP contribution is 2.18. The van der Waals surface area contributed by atoms with Gasteiger partial charge in [0.1, 0.15) is 18.7 Å². The fourth-order valence-corrected chi connectivity index (χ4v) is 5.74. The first-order chi connectivity index (χ1) is 20.0. The number of nitrogens with one attached hydrogen (secondary N) is 4. The standard InChI is InChI=1S/C30H53N5O6S2/c1-16(2)11-22(25(36)12-19(7)27(37)35-26(18(5)6)29(39)31-13-17(3)4)33-28(38)24(15-42-10)34-30(40)41-14-23-20(8)43-21(9)32-23/h16-19,22,24-26,36H,11-15H2,1-10H3,(H,31,39)(H,33,38)(H,34,40)(H,35,37)/t19-,22+,24+,25+,26+/m1/s1. The number of nitrogens with zero attached hydrogens (tertiary/aromatic N) is 1. The van der Waals surface area contributed by atoms with Crippen LogP contribution in [0.3, 0.4) is 0 Å². The summed E-state index contributed by atoms with van der Waals surface area (Å²) in [5.74, 6) is -1.05. The number of amides is 4. The molecule has 0 aromatic carbocycles. The van der Waals surface area contributed by atoms with Gasteiger partial charge in [0.25, 0.3) is 0 Å². The molecule has 0 aliphatic heterocycles. The van der Waals surface area contributed by atoms with Crippen molar-refractivity contribution in [2.75, 3.05) is 18.6 Å². The molecule has 11 nitrogen and oxygen atoms in total. The van der Waals surface area contributed by atoms with Gasteiger partial charge in [-0.25, -0.2) is 9.78 Å². The lowest BCUT2D eigenvalue weighted by atomic mass is 9.91. The number of hydrogen-bond acceptors (Lipinski definition) is 9. The summed E-state index contributed by atoms with van der Waals surface area (Å²) < 4.78 is 5.32. The van der Waals surface area contributed by atoms with E-state index in [4.69, 9.17) is 4.74 Å². The molecule has 0 saturated carbocycles. The number of thioether (sulfide) groups is 1. The molecule has 0 aliphatic carbocycles. The molecule has 1 aromatic heterocycles. The molecule has 0 unspecified atom stereocenters. The molecular formula is C30H53N5O6S2. The van der Waals surface area contributed by atoms with Gasteiger partial charge in [0, 0.05) is 23.1 Å². The lowest BCUT2D eigenvalue weighted by molar-refractivity contribution is -0.132. The molecule has 43 heavy (non-hydrogen) atoms. The third-order valence-electron chi connectivity index (χ3n) is 6.77. The number of aliphatic hydroxyl groups is 1. The number of thiazole rings is 1. The van der Waals surface area contributed by atoms with Gasteiger partial charge in [-0.2, -0.15) is 11.8 Å². The smallest absolute Gasteiger partial charge is 0.408 e. The van der Waals surface area contributed by atoms with Crippen LogP contribution in [0, 0.1) is 37.5 Å². The third-order valence-corrected chi connectivity index (χ3v) is 8.37. The minimum absolute atomic E-state index is 0.00130. The van der Waals surface area contributed by atoms with Gasteiger partial charge in [-0.1, -0.05) is 48.5 Å². The van der Waals surface area contributed by atoms with Crippen molar-refractivity contribution < 1.29 is 29.0 Å². The Morgan fingerprint density at radius 3 is 2.07 bits per heavy atom. The van der Waals surface area contributed by atoms with E-state index < -0.39 is 42.1 Å². The lowest BCUT2D eigenvalue weighted by Crippen LogP contribution is -2.54. The van der Waals surface area contributed by atoms with Crippen LogP contribution in [0.15, 0.2) is 0 Å². The van der Waals surface area contributed by atoms with Gasteiger partial charge < -0.3 is 31.1 Å². The molecule has 0 radical (unpaired) electrons. The average Bonchev–Trinajstić information content (AvgIpc) is 3.23. The summed E-state index contributed by atoms with van der Waals surface area (Å²) in [6, 6.07) is -2.24. The first-order valence-corrected chi connectivity index (χ1v) is 17.2. The van der Waals surface area contributed by atoms with Crippen LogP contribution in [0.4, 0.5) is 4.79 Å². The number of ether oxygens (including phenoxy) is 1. The number of aryl methyl sites for hydroxylation is 2. The van der Waals surface area contributed by atoms with Crippen molar-refractivity contribution in [1.29, 1.82) is 0 Å². The van der Waals surface area contributed by atoms with E-state index in [-0.39, 0.29) is 42.6 Å². The number of alkyl carbamates (subject to hydrolysis) is 1. The summed E-state index contributed by atoms with van der Waals surface area (Å²) in [6.07, 6.45) is 0.603. The zero-order chi connectivity index (χ0) is 32.9. The van der Waals surface area contributed by atoms with Crippen molar-refractivity contribution >= 4 is 46.9 Å². The Morgan fingerprint density at radius 2 is 1.56 bits per heavy atom. The second-order valence-electron chi connectivity index (χ2n) is 12.3. The molecule has 1 aromatic rings. The van der Waals surface area contributed by atoms with E-state index >= 15 is 0 Å². The molecule has 1 heterocycles. The minimum Gasteiger partial charge on any atom is -0.443 e. The SMILES string of the molecule is CSC[C@H](NC(=O)OCc1nc(C)sc1C)C(=O)N[C@@H](CC(C)C)[C@@H](O)C[C@@H](C)C(=O)N[C@H](C(=O)NCC(C)C)C(C)C. The number of aliphatic hydroxyl groups excluding tert-OH is 1. The summed E-state index contributed by atoms with van der Waals surface area (Å²) in [5.41, 5.74) is 0.678. The van der Waals surface area contributed by atoms with Gasteiger partial charge in [-0.05, 0) is 50.7 Å². The predicted octanol–water partition coefficient (Wildman–Crippen LogP) is 3.55. The van der Waals surface area contributed by atoms with Gasteiger partial charge in [0.05, 0.1) is 22.8 Å². The maximum absolute atomic E-state index is 13.3. The maximum Gasteiger partial charge on any atom is 0.408 e. The molecule has 246 valence electrons. The normalized spacial score (nSPS) is 15.0. The summed E-state index contributed by atoms with van der Waals surface area (Å²) in [5, 5.41) is 23.3. The van der Waals surface area contributed by atoms with Crippen molar-refractivity contribution in [3.05, 3.63) is 15.6 Å². The number of carbonyl (C=O) groups excluding carboxylic acids is 4. The van der Waals surface area contributed by atoms with Crippen LogP contribution >= 0.6 is 23.1 Å². The van der Waals surface area contributed by atoms with Gasteiger partial charge >= 0.3 is 6.09 Å². The Bertz CT molecular complexity index is 1050. The first kappa shape index (κ1) is 38.6. The number of rotatable bonds is 18. The van der Waals surface area contributed by atoms with E-state index in [0.717, 1.165) is 9.88 Å². The third kappa shape index (κ3) is 14.3. The van der Waals surface area contributed by atoms with Crippen LogP contribution < -0.4 is 21.3 Å². The summed E-state index contributed by atoms with van der Waals surface area (Å²) >= 11 is 2.91. The second-order valence-corrected chi connectivity index (χ2v) is 14.6. The Morgan fingerprint density at radius 1 is 0.907 bits per heavy atom. The fraction of sp³-hybridized carbons (Fsp3) is 0.767. The van der Waals surface area contributed by atoms with Crippen LogP contribution in [-0.4, -0.2) is 76.7 Å². The molecular weight excluding hydrogens is 590 g/mol. The summed E-state index contributed by atoms with van der Waals surface area (Å²) in [6.45, 7) is 17.7. The van der Waals surface area contributed by atoms with Crippen molar-refractivity contribution in [3.8, 4) is 0 Å². The molecule has 0 spiro atoms. The van der Waals surface area contributed by atoms with E-state index in [1.54, 1.807) is 6.92 Å². The van der Waals surface area contributed by atoms with Crippen LogP contribution in [0.2, 0.25) is 0 Å². The second kappa shape index (κ2) is 19.1. The quantitative estimate of drug-likeness (QED) is 0.163. The first-order valence-electron chi connectivity index (χ1n) is 15.0. The van der Waals surface area contributed by atoms with E-state index in [0.29, 0.717) is 24.4 Å². The summed E-state index contributed by atoms with van der Waals surface area (Å²) in [4.78, 5) is 56.9. The van der Waals surface area contributed by atoms with Crippen LogP contribution in [0.25, 0.3) is 0 Å². The van der Waals surface area contributed by atoms with Gasteiger partial charge in [0.2, 0.25) is 17.7 Å². The van der Waals surface area contributed by atoms with Gasteiger partial charge in [-0.15, -0.1) is 11.3 Å². The number of hydrogen-bond donors (Lipinski definition) is 5. The molecule has 0 bridgehead atoms. The zero-order valence-corrected chi connectivity index (χ0v) is 29.0. The van der Waals surface area contributed by atoms with E-state index in [1.807, 2.05) is 61.6 Å². The number of aromatic nitrogens is 1. The van der Waals surface area contributed by atoms with Gasteiger partial charge in [-0.3, -0.25) is 14.4 Å². The van der Waals surface area contributed by atoms with Crippen molar-refractivity contribution in [3.63, 3.8) is 0 Å². The Kier molecular flexibility index (Phi) is 17.2. The molecule has 0 saturated heterocycles. The highest BCUT2D eigenvalue weighted by Gasteiger charge is 2.31. The summed E-state index contributed by atoms with van der Waals surface area (Å²) in [7, 11) is 0. The van der Waals surface area contributed by atoms with Crippen molar-refractivity contribution in [2.24, 2.45) is 23.7 Å². The Hall–Kier alpha value is -2.38. The molecule has 4 amide bonds. The van der Waals surface area contributed by atoms with Crippen molar-refractivity contribution in [1.82, 2.24) is 26.3 Å². The van der Waals surface area contributed by atoms with E-state index in [2.05, 4.69) is 26.3 Å². The lowest BCUT2D eigenvalue weighted by Gasteiger charge is -2.30. The highest BCUT2D eigenvalue weighted by atomic mass is 32.2. The van der Waals surface area contributed by atoms with Crippen LogP contribution in [-0.2, 0) is 25.7 Å². The Balaban J connectivity index is 2.85. The number of carbonyl (C=O) groups is 4. The van der Waals surface area contributed by atoms with E-state index in [9.17, 15) is 24.3 Å². The largest absolute Gasteiger partial charge is 0.443 e. The van der Waals surface area contributed by atoms with Crippen LogP contribution in [0.1, 0.15) is 76.9 Å². The Labute approximate surface area is 265 Å². The fourth-order valence-electron chi connectivity index (χ4n) is 4.36. The molecule has 0 fully saturated rings. The topological polar surface area (TPSA) is 159 Å². The molecule has 5 N–H and O–H groups in total. The predicted molar refractivity (Wildman–Crippen MR) is 173 cm³/mol. The monoisotopic (exact) mass is 643 g/mol. The molecule has 1 rings (SSSR count). The molecule has 5 atom stereocenters. The molecule has 13 heteroatoms. The van der Waals surface area contributed by atoms with Gasteiger partial charge in [0.15, 0.2) is 0 Å². The minimum atomic E-state index is -1.03.